The molecule has 0 aliphatic heterocycles. The lowest BCUT2D eigenvalue weighted by atomic mass is 9.78. The van der Waals surface area contributed by atoms with Crippen LogP contribution in [0.25, 0.3) is 0 Å². The Labute approximate surface area is 173 Å². The Morgan fingerprint density at radius 1 is 1.21 bits per heavy atom. The van der Waals surface area contributed by atoms with Gasteiger partial charge in [0.2, 0.25) is 5.91 Å². The van der Waals surface area contributed by atoms with Crippen LogP contribution in [0.15, 0.2) is 18.2 Å². The minimum absolute atomic E-state index is 0.0926. The molecule has 6 nitrogen and oxygen atoms in total. The molecule has 0 bridgehead atoms. The maximum atomic E-state index is 12.6. The fourth-order valence-electron chi connectivity index (χ4n) is 4.46. The highest BCUT2D eigenvalue weighted by Gasteiger charge is 2.34. The molecule has 0 unspecified atom stereocenters. The number of ether oxygens (including phenoxy) is 1. The van der Waals surface area contributed by atoms with Gasteiger partial charge in [-0.3, -0.25) is 4.79 Å². The van der Waals surface area contributed by atoms with Crippen molar-refractivity contribution < 1.29 is 19.4 Å². The second kappa shape index (κ2) is 9.72. The number of hydrogen-bond donors (Lipinski definition) is 2. The number of carbonyl (C=O) groups excluding carboxylic acids is 1. The van der Waals surface area contributed by atoms with Crippen molar-refractivity contribution in [1.82, 2.24) is 4.90 Å². The summed E-state index contributed by atoms with van der Waals surface area (Å²) in [6, 6.07) is 5.42. The zero-order chi connectivity index (χ0) is 21.0. The van der Waals surface area contributed by atoms with E-state index in [-0.39, 0.29) is 11.8 Å². The predicted octanol–water partition coefficient (Wildman–Crippen LogP) is 3.35. The zero-order valence-electron chi connectivity index (χ0n) is 17.6. The number of carboxylic acid groups (broad SMARTS) is 1. The fourth-order valence-corrected chi connectivity index (χ4v) is 4.46. The molecule has 29 heavy (non-hydrogen) atoms. The van der Waals surface area contributed by atoms with Gasteiger partial charge in [-0.15, -0.1) is 0 Å². The maximum absolute atomic E-state index is 12.6. The van der Waals surface area contributed by atoms with Crippen LogP contribution in [0, 0.1) is 18.8 Å². The van der Waals surface area contributed by atoms with E-state index in [0.29, 0.717) is 36.3 Å². The number of nitrogens with zero attached hydrogens (tertiary/aromatic N) is 1. The number of aromatic carboxylic acids is 1. The zero-order valence-corrected chi connectivity index (χ0v) is 17.6. The van der Waals surface area contributed by atoms with Crippen molar-refractivity contribution in [2.24, 2.45) is 17.6 Å². The first-order valence-electron chi connectivity index (χ1n) is 10.8. The Morgan fingerprint density at radius 3 is 2.48 bits per heavy atom. The molecule has 0 aromatic heterocycles. The van der Waals surface area contributed by atoms with Crippen molar-refractivity contribution in [3.63, 3.8) is 0 Å². The molecule has 0 spiro atoms. The minimum atomic E-state index is -0.918. The van der Waals surface area contributed by atoms with E-state index in [9.17, 15) is 14.7 Å². The van der Waals surface area contributed by atoms with E-state index < -0.39 is 12.0 Å². The number of nitrogens with two attached hydrogens (primary N) is 1. The van der Waals surface area contributed by atoms with Gasteiger partial charge in [0, 0.05) is 19.7 Å². The number of likely N-dealkylation sites (N-methyl/N-ethyl adjacent to an activating group) is 1. The molecule has 2 aliphatic carbocycles. The molecule has 1 aromatic carbocycles. The lowest BCUT2D eigenvalue weighted by Gasteiger charge is -2.38. The molecule has 3 N–H and O–H groups in total. The molecule has 1 atom stereocenters. The molecule has 0 radical (unpaired) electrons. The van der Waals surface area contributed by atoms with Crippen LogP contribution in [0.3, 0.4) is 0 Å². The average Bonchev–Trinajstić information content (AvgIpc) is 2.67. The molecule has 0 heterocycles. The van der Waals surface area contributed by atoms with E-state index in [1.165, 1.54) is 6.42 Å². The molecular formula is C23H34N2O4. The Morgan fingerprint density at radius 2 is 1.90 bits per heavy atom. The van der Waals surface area contributed by atoms with Crippen molar-refractivity contribution in [2.75, 3.05) is 13.7 Å². The van der Waals surface area contributed by atoms with Crippen LogP contribution in [0.1, 0.15) is 66.4 Å². The Hall–Kier alpha value is -1.92. The first kappa shape index (κ1) is 21.8. The van der Waals surface area contributed by atoms with Crippen LogP contribution in [0.5, 0.6) is 0 Å². The molecule has 1 aromatic rings. The van der Waals surface area contributed by atoms with E-state index in [1.807, 2.05) is 31.0 Å². The third-order valence-electron chi connectivity index (χ3n) is 6.76. The van der Waals surface area contributed by atoms with Crippen molar-refractivity contribution in [3.05, 3.63) is 34.9 Å². The summed E-state index contributed by atoms with van der Waals surface area (Å²) in [6.45, 7) is 2.81. The maximum Gasteiger partial charge on any atom is 0.336 e. The molecule has 2 aliphatic rings. The van der Waals surface area contributed by atoms with E-state index in [1.54, 1.807) is 6.07 Å². The van der Waals surface area contributed by atoms with Gasteiger partial charge in [-0.25, -0.2) is 4.79 Å². The third kappa shape index (κ3) is 5.37. The van der Waals surface area contributed by atoms with Crippen LogP contribution in [0.4, 0.5) is 0 Å². The highest BCUT2D eigenvalue weighted by molar-refractivity contribution is 5.89. The lowest BCUT2D eigenvalue weighted by molar-refractivity contribution is -0.136. The molecule has 1 amide bonds. The number of hydrogen-bond acceptors (Lipinski definition) is 4. The molecule has 3 rings (SSSR count). The largest absolute Gasteiger partial charge is 0.478 e. The normalized spacial score (nSPS) is 23.3. The highest BCUT2D eigenvalue weighted by Crippen LogP contribution is 2.32. The van der Waals surface area contributed by atoms with Gasteiger partial charge in [-0.1, -0.05) is 17.7 Å². The SMILES string of the molecule is Cc1ccc(COC[C@H]2CC[C@H]([C@H](N)C(=O)N(C)C3CCC3)CC2)c(C(=O)O)c1. The number of carboxylic acids is 1. The Balaban J connectivity index is 1.42. The van der Waals surface area contributed by atoms with Gasteiger partial charge in [0.1, 0.15) is 0 Å². The van der Waals surface area contributed by atoms with Crippen LogP contribution in [-0.2, 0) is 16.1 Å². The number of rotatable bonds is 8. The summed E-state index contributed by atoms with van der Waals surface area (Å²) < 4.78 is 5.86. The van der Waals surface area contributed by atoms with Gasteiger partial charge >= 0.3 is 5.97 Å². The molecule has 6 heteroatoms. The van der Waals surface area contributed by atoms with Crippen molar-refractivity contribution >= 4 is 11.9 Å². The number of amides is 1. The summed E-state index contributed by atoms with van der Waals surface area (Å²) in [5.41, 5.74) is 8.26. The molecule has 2 fully saturated rings. The smallest absolute Gasteiger partial charge is 0.336 e. The Bertz CT molecular complexity index is 724. The minimum Gasteiger partial charge on any atom is -0.478 e. The fraction of sp³-hybridized carbons (Fsp3) is 0.652. The lowest BCUT2D eigenvalue weighted by Crippen LogP contribution is -2.52. The number of carbonyl (C=O) groups is 2. The quantitative estimate of drug-likeness (QED) is 0.696. The van der Waals surface area contributed by atoms with Crippen LogP contribution < -0.4 is 5.73 Å². The van der Waals surface area contributed by atoms with Crippen molar-refractivity contribution in [1.29, 1.82) is 0 Å². The Kier molecular flexibility index (Phi) is 7.30. The first-order chi connectivity index (χ1) is 13.9. The molecule has 2 saturated carbocycles. The number of benzene rings is 1. The van der Waals surface area contributed by atoms with E-state index in [2.05, 4.69) is 0 Å². The van der Waals surface area contributed by atoms with Gasteiger partial charge in [0.15, 0.2) is 0 Å². The second-order valence-corrected chi connectivity index (χ2v) is 8.82. The van der Waals surface area contributed by atoms with Crippen LogP contribution in [-0.4, -0.2) is 47.6 Å². The summed E-state index contributed by atoms with van der Waals surface area (Å²) in [5, 5.41) is 9.36. The second-order valence-electron chi connectivity index (χ2n) is 8.82. The molecule has 160 valence electrons. The average molecular weight is 403 g/mol. The topological polar surface area (TPSA) is 92.9 Å². The summed E-state index contributed by atoms with van der Waals surface area (Å²) in [4.78, 5) is 25.9. The van der Waals surface area contributed by atoms with Gasteiger partial charge < -0.3 is 20.5 Å². The summed E-state index contributed by atoms with van der Waals surface area (Å²) in [6.07, 6.45) is 7.30. The van der Waals surface area contributed by atoms with Gasteiger partial charge in [0.05, 0.1) is 18.2 Å². The van der Waals surface area contributed by atoms with Crippen LogP contribution >= 0.6 is 0 Å². The molecular weight excluding hydrogens is 368 g/mol. The van der Waals surface area contributed by atoms with E-state index >= 15 is 0 Å². The van der Waals surface area contributed by atoms with E-state index in [0.717, 1.165) is 44.1 Å². The van der Waals surface area contributed by atoms with Gasteiger partial charge in [-0.05, 0) is 75.3 Å². The monoisotopic (exact) mass is 402 g/mol. The van der Waals surface area contributed by atoms with Crippen molar-refractivity contribution in [2.45, 2.75) is 70.6 Å². The predicted molar refractivity (Wildman–Crippen MR) is 112 cm³/mol. The van der Waals surface area contributed by atoms with Gasteiger partial charge in [0.25, 0.3) is 0 Å². The van der Waals surface area contributed by atoms with Crippen molar-refractivity contribution in [3.8, 4) is 0 Å². The summed E-state index contributed by atoms with van der Waals surface area (Å²) >= 11 is 0. The number of aryl methyl sites for hydroxylation is 1. The van der Waals surface area contributed by atoms with Crippen LogP contribution in [0.2, 0.25) is 0 Å². The summed E-state index contributed by atoms with van der Waals surface area (Å²) in [5.74, 6) is -0.137. The van der Waals surface area contributed by atoms with E-state index in [4.69, 9.17) is 10.5 Å². The van der Waals surface area contributed by atoms with Gasteiger partial charge in [-0.2, -0.15) is 0 Å². The molecule has 0 saturated heterocycles. The highest BCUT2D eigenvalue weighted by atomic mass is 16.5. The first-order valence-corrected chi connectivity index (χ1v) is 10.8. The third-order valence-corrected chi connectivity index (χ3v) is 6.76. The summed E-state index contributed by atoms with van der Waals surface area (Å²) in [7, 11) is 1.89. The standard InChI is InChI=1S/C23H34N2O4/c1-15-6-9-18(20(12-15)23(27)28)14-29-13-16-7-10-17(11-8-16)21(24)22(26)25(2)19-4-3-5-19/h6,9,12,16-17,19,21H,3-5,7-8,10-11,13-14,24H2,1-2H3,(H,27,28)/t16-,17-,21-/m0/s1.